The van der Waals surface area contributed by atoms with Crippen LogP contribution in [0.25, 0.3) is 44.2 Å². The van der Waals surface area contributed by atoms with Gasteiger partial charge in [0.05, 0.1) is 5.56 Å². The third-order valence-corrected chi connectivity index (χ3v) is 5.77. The first-order valence-corrected chi connectivity index (χ1v) is 10.5. The van der Waals surface area contributed by atoms with E-state index in [1.54, 1.807) is 18.2 Å². The highest BCUT2D eigenvalue weighted by Gasteiger charge is 2.13. The molecule has 0 amide bonds. The van der Waals surface area contributed by atoms with Crippen LogP contribution < -0.4 is 21.5 Å². The van der Waals surface area contributed by atoms with Crippen molar-refractivity contribution in [2.45, 2.75) is 0 Å². The minimum Gasteiger partial charge on any atom is -0.423 e. The van der Waals surface area contributed by atoms with Crippen LogP contribution in [0.15, 0.2) is 91.2 Å². The van der Waals surface area contributed by atoms with Gasteiger partial charge in [-0.15, -0.1) is 0 Å². The smallest absolute Gasteiger partial charge is 0.344 e. The zero-order chi connectivity index (χ0) is 23.1. The molecule has 0 atom stereocenters. The van der Waals surface area contributed by atoms with Crippen molar-refractivity contribution in [3.63, 3.8) is 0 Å². The molecule has 33 heavy (non-hydrogen) atoms. The molecule has 3 aromatic carbocycles. The highest BCUT2D eigenvalue weighted by molar-refractivity contribution is 5.96. The molecule has 0 aliphatic carbocycles. The van der Waals surface area contributed by atoms with E-state index in [0.717, 1.165) is 33.3 Å². The lowest BCUT2D eigenvalue weighted by atomic mass is 9.98. The Morgan fingerprint density at radius 3 is 2.21 bits per heavy atom. The standard InChI is InChI=1S/C27H22N2O4/c1-28-19-8-4-18-13-22(27(31)33-25(18)14-19)17-7-11-24-23(12-17)21(15-26(30)32-24)16-5-9-20(10-6-16)29(2)3/h4-15,28H,1-3H3. The molecule has 0 fully saturated rings. The van der Waals surface area contributed by atoms with Crippen molar-refractivity contribution >= 4 is 33.3 Å². The molecule has 0 aliphatic heterocycles. The summed E-state index contributed by atoms with van der Waals surface area (Å²) in [5.74, 6) is 0. The Hall–Kier alpha value is -4.32. The van der Waals surface area contributed by atoms with Crippen LogP contribution in [-0.2, 0) is 0 Å². The summed E-state index contributed by atoms with van der Waals surface area (Å²) in [7, 11) is 5.76. The van der Waals surface area contributed by atoms with E-state index in [9.17, 15) is 9.59 Å². The number of hydrogen-bond acceptors (Lipinski definition) is 6. The highest BCUT2D eigenvalue weighted by atomic mass is 16.4. The fraction of sp³-hybridized carbons (Fsp3) is 0.111. The van der Waals surface area contributed by atoms with E-state index in [1.165, 1.54) is 6.07 Å². The number of fused-ring (bicyclic) bond motifs is 2. The molecular formula is C27H22N2O4. The summed E-state index contributed by atoms with van der Waals surface area (Å²) >= 11 is 0. The molecule has 1 N–H and O–H groups in total. The van der Waals surface area contributed by atoms with Gasteiger partial charge in [-0.2, -0.15) is 0 Å². The van der Waals surface area contributed by atoms with Crippen LogP contribution in [0.1, 0.15) is 0 Å². The first-order chi connectivity index (χ1) is 15.9. The second kappa shape index (κ2) is 7.98. The highest BCUT2D eigenvalue weighted by Crippen LogP contribution is 2.32. The molecule has 2 aromatic heterocycles. The molecular weight excluding hydrogens is 416 g/mol. The Kier molecular flexibility index (Phi) is 4.98. The van der Waals surface area contributed by atoms with Gasteiger partial charge in [-0.25, -0.2) is 9.59 Å². The molecule has 0 saturated heterocycles. The molecule has 6 nitrogen and oxygen atoms in total. The predicted octanol–water partition coefficient (Wildman–Crippen LogP) is 5.34. The third kappa shape index (κ3) is 3.76. The number of nitrogens with zero attached hydrogens (tertiary/aromatic N) is 1. The zero-order valence-corrected chi connectivity index (χ0v) is 18.5. The SMILES string of the molecule is CNc1ccc2cc(-c3ccc4oc(=O)cc(-c5ccc(N(C)C)cc5)c4c3)c(=O)oc2c1. The Bertz CT molecular complexity index is 1610. The Morgan fingerprint density at radius 2 is 1.48 bits per heavy atom. The summed E-state index contributed by atoms with van der Waals surface area (Å²) in [5.41, 5.74) is 4.82. The fourth-order valence-corrected chi connectivity index (χ4v) is 3.98. The average Bonchev–Trinajstić information content (AvgIpc) is 2.82. The molecule has 0 bridgehead atoms. The monoisotopic (exact) mass is 438 g/mol. The van der Waals surface area contributed by atoms with Crippen LogP contribution in [0, 0.1) is 0 Å². The summed E-state index contributed by atoms with van der Waals surface area (Å²) in [6.07, 6.45) is 0. The first kappa shape index (κ1) is 20.6. The molecule has 164 valence electrons. The Balaban J connectivity index is 1.69. The Morgan fingerprint density at radius 1 is 0.727 bits per heavy atom. The van der Waals surface area contributed by atoms with Crippen molar-refractivity contribution in [3.05, 3.63) is 93.6 Å². The van der Waals surface area contributed by atoms with Crippen LogP contribution in [-0.4, -0.2) is 21.1 Å². The lowest BCUT2D eigenvalue weighted by molar-refractivity contribution is 0.561. The van der Waals surface area contributed by atoms with E-state index in [1.807, 2.05) is 74.6 Å². The maximum atomic E-state index is 12.8. The molecule has 2 heterocycles. The normalized spacial score (nSPS) is 11.1. The van der Waals surface area contributed by atoms with Crippen molar-refractivity contribution in [1.82, 2.24) is 0 Å². The van der Waals surface area contributed by atoms with E-state index in [2.05, 4.69) is 5.32 Å². The molecule has 5 aromatic rings. The summed E-state index contributed by atoms with van der Waals surface area (Å²) in [4.78, 5) is 27.0. The van der Waals surface area contributed by atoms with Crippen molar-refractivity contribution < 1.29 is 8.83 Å². The summed E-state index contributed by atoms with van der Waals surface area (Å²) in [6.45, 7) is 0. The van der Waals surface area contributed by atoms with E-state index >= 15 is 0 Å². The number of rotatable bonds is 4. The molecule has 0 aliphatic rings. The van der Waals surface area contributed by atoms with Gasteiger partial charge in [0.2, 0.25) is 0 Å². The van der Waals surface area contributed by atoms with Gasteiger partial charge in [-0.1, -0.05) is 18.2 Å². The fourth-order valence-electron chi connectivity index (χ4n) is 3.98. The minimum atomic E-state index is -0.427. The van der Waals surface area contributed by atoms with Crippen LogP contribution in [0.5, 0.6) is 0 Å². The van der Waals surface area contributed by atoms with Gasteiger partial charge in [0.25, 0.3) is 0 Å². The first-order valence-electron chi connectivity index (χ1n) is 10.5. The third-order valence-electron chi connectivity index (χ3n) is 5.77. The van der Waals surface area contributed by atoms with Gasteiger partial charge in [0, 0.05) is 55.4 Å². The van der Waals surface area contributed by atoms with Crippen LogP contribution in [0.4, 0.5) is 11.4 Å². The number of hydrogen-bond donors (Lipinski definition) is 1. The van der Waals surface area contributed by atoms with Crippen molar-refractivity contribution in [1.29, 1.82) is 0 Å². The van der Waals surface area contributed by atoms with E-state index in [-0.39, 0.29) is 0 Å². The lowest BCUT2D eigenvalue weighted by Crippen LogP contribution is -2.08. The van der Waals surface area contributed by atoms with E-state index in [4.69, 9.17) is 8.83 Å². The van der Waals surface area contributed by atoms with Crippen LogP contribution in [0.3, 0.4) is 0 Å². The van der Waals surface area contributed by atoms with Gasteiger partial charge < -0.3 is 19.1 Å². The average molecular weight is 438 g/mol. The van der Waals surface area contributed by atoms with Gasteiger partial charge in [-0.3, -0.25) is 0 Å². The second-order valence-electron chi connectivity index (χ2n) is 8.08. The maximum absolute atomic E-state index is 12.8. The number of nitrogens with one attached hydrogen (secondary N) is 1. The molecule has 5 rings (SSSR count). The number of benzene rings is 3. The van der Waals surface area contributed by atoms with Crippen molar-refractivity contribution in [2.75, 3.05) is 31.4 Å². The van der Waals surface area contributed by atoms with Gasteiger partial charge in [0.15, 0.2) is 0 Å². The molecule has 0 spiro atoms. The van der Waals surface area contributed by atoms with Gasteiger partial charge in [-0.05, 0) is 59.2 Å². The van der Waals surface area contributed by atoms with E-state index < -0.39 is 11.3 Å². The molecule has 0 unspecified atom stereocenters. The summed E-state index contributed by atoms with van der Waals surface area (Å²) in [6, 6.07) is 22.2. The minimum absolute atomic E-state index is 0.424. The summed E-state index contributed by atoms with van der Waals surface area (Å²) in [5, 5.41) is 4.61. The van der Waals surface area contributed by atoms with Crippen LogP contribution >= 0.6 is 0 Å². The molecule has 0 radical (unpaired) electrons. The van der Waals surface area contributed by atoms with Crippen molar-refractivity contribution in [2.24, 2.45) is 0 Å². The topological polar surface area (TPSA) is 75.7 Å². The predicted molar refractivity (Wildman–Crippen MR) is 133 cm³/mol. The maximum Gasteiger partial charge on any atom is 0.344 e. The summed E-state index contributed by atoms with van der Waals surface area (Å²) < 4.78 is 11.0. The zero-order valence-electron chi connectivity index (χ0n) is 18.5. The Labute approximate surface area is 189 Å². The van der Waals surface area contributed by atoms with Gasteiger partial charge >= 0.3 is 11.3 Å². The van der Waals surface area contributed by atoms with Gasteiger partial charge in [0.1, 0.15) is 11.2 Å². The van der Waals surface area contributed by atoms with E-state index in [0.29, 0.717) is 22.3 Å². The quantitative estimate of drug-likeness (QED) is 0.382. The number of anilines is 2. The molecule has 6 heteroatoms. The lowest BCUT2D eigenvalue weighted by Gasteiger charge is -2.13. The second-order valence-corrected chi connectivity index (χ2v) is 8.08. The largest absolute Gasteiger partial charge is 0.423 e. The molecule has 0 saturated carbocycles. The van der Waals surface area contributed by atoms with Crippen LogP contribution in [0.2, 0.25) is 0 Å². The van der Waals surface area contributed by atoms with Crippen molar-refractivity contribution in [3.8, 4) is 22.3 Å².